The van der Waals surface area contributed by atoms with Gasteiger partial charge in [0, 0.05) is 30.9 Å². The van der Waals surface area contributed by atoms with E-state index in [1.165, 1.54) is 0 Å². The average molecular weight is 222 g/mol. The zero-order valence-corrected chi connectivity index (χ0v) is 9.52. The molecule has 1 fully saturated rings. The summed E-state index contributed by atoms with van der Waals surface area (Å²) in [5, 5.41) is 9.46. The SMILES string of the molecule is COc1ccc(N)cc1CN1CCC(O)C1. The summed E-state index contributed by atoms with van der Waals surface area (Å²) in [5.74, 6) is 0.857. The molecule has 88 valence electrons. The normalized spacial score (nSPS) is 21.2. The van der Waals surface area contributed by atoms with Crippen LogP contribution in [0.3, 0.4) is 0 Å². The van der Waals surface area contributed by atoms with E-state index in [-0.39, 0.29) is 6.10 Å². The molecule has 1 aromatic rings. The minimum absolute atomic E-state index is 0.188. The zero-order chi connectivity index (χ0) is 11.5. The van der Waals surface area contributed by atoms with Gasteiger partial charge in [0.2, 0.25) is 0 Å². The first-order chi connectivity index (χ1) is 7.69. The van der Waals surface area contributed by atoms with Crippen LogP contribution in [0.2, 0.25) is 0 Å². The number of hydrogen-bond donors (Lipinski definition) is 2. The van der Waals surface area contributed by atoms with E-state index in [9.17, 15) is 5.11 Å². The van der Waals surface area contributed by atoms with Gasteiger partial charge in [0.05, 0.1) is 13.2 Å². The molecular weight excluding hydrogens is 204 g/mol. The summed E-state index contributed by atoms with van der Waals surface area (Å²) in [6.07, 6.45) is 0.664. The number of nitrogen functional groups attached to an aromatic ring is 1. The van der Waals surface area contributed by atoms with Crippen molar-refractivity contribution in [3.63, 3.8) is 0 Å². The highest BCUT2D eigenvalue weighted by molar-refractivity contribution is 5.47. The Morgan fingerprint density at radius 3 is 3.00 bits per heavy atom. The minimum Gasteiger partial charge on any atom is -0.496 e. The molecule has 0 aliphatic carbocycles. The number of ether oxygens (including phenoxy) is 1. The van der Waals surface area contributed by atoms with Gasteiger partial charge in [-0.3, -0.25) is 4.90 Å². The van der Waals surface area contributed by atoms with Gasteiger partial charge in [-0.25, -0.2) is 0 Å². The number of hydrogen-bond acceptors (Lipinski definition) is 4. The number of methoxy groups -OCH3 is 1. The van der Waals surface area contributed by atoms with Crippen molar-refractivity contribution in [3.8, 4) is 5.75 Å². The molecule has 16 heavy (non-hydrogen) atoms. The van der Waals surface area contributed by atoms with E-state index in [1.807, 2.05) is 18.2 Å². The van der Waals surface area contributed by atoms with Crippen molar-refractivity contribution in [2.45, 2.75) is 19.1 Å². The Morgan fingerprint density at radius 1 is 1.56 bits per heavy atom. The second-order valence-electron chi connectivity index (χ2n) is 4.25. The fraction of sp³-hybridized carbons (Fsp3) is 0.500. The molecule has 1 saturated heterocycles. The molecule has 0 bridgehead atoms. The molecule has 1 unspecified atom stereocenters. The predicted octanol–water partition coefficient (Wildman–Crippen LogP) is 0.844. The monoisotopic (exact) mass is 222 g/mol. The molecule has 1 aliphatic heterocycles. The highest BCUT2D eigenvalue weighted by atomic mass is 16.5. The number of nitrogens with zero attached hydrogens (tertiary/aromatic N) is 1. The summed E-state index contributed by atoms with van der Waals surface area (Å²) < 4.78 is 5.29. The quantitative estimate of drug-likeness (QED) is 0.744. The number of nitrogens with two attached hydrogens (primary N) is 1. The Morgan fingerprint density at radius 2 is 2.38 bits per heavy atom. The van der Waals surface area contributed by atoms with Crippen molar-refractivity contribution in [3.05, 3.63) is 23.8 Å². The molecule has 4 heteroatoms. The lowest BCUT2D eigenvalue weighted by Crippen LogP contribution is -2.21. The lowest BCUT2D eigenvalue weighted by Gasteiger charge is -2.17. The van der Waals surface area contributed by atoms with Gasteiger partial charge in [-0.1, -0.05) is 0 Å². The number of aliphatic hydroxyl groups excluding tert-OH is 1. The first-order valence-corrected chi connectivity index (χ1v) is 5.52. The molecule has 1 heterocycles. The van der Waals surface area contributed by atoms with Crippen molar-refractivity contribution < 1.29 is 9.84 Å². The molecule has 0 radical (unpaired) electrons. The van der Waals surface area contributed by atoms with Gasteiger partial charge in [-0.2, -0.15) is 0 Å². The second-order valence-corrected chi connectivity index (χ2v) is 4.25. The third-order valence-corrected chi connectivity index (χ3v) is 2.95. The van der Waals surface area contributed by atoms with Crippen LogP contribution >= 0.6 is 0 Å². The van der Waals surface area contributed by atoms with E-state index in [0.29, 0.717) is 0 Å². The van der Waals surface area contributed by atoms with Crippen molar-refractivity contribution in [1.29, 1.82) is 0 Å². The number of anilines is 1. The van der Waals surface area contributed by atoms with Crippen molar-refractivity contribution in [1.82, 2.24) is 4.90 Å². The molecule has 0 amide bonds. The Kier molecular flexibility index (Phi) is 3.31. The van der Waals surface area contributed by atoms with Gasteiger partial charge in [0.15, 0.2) is 0 Å². The molecule has 2 rings (SSSR count). The lowest BCUT2D eigenvalue weighted by atomic mass is 10.1. The summed E-state index contributed by atoms with van der Waals surface area (Å²) in [6, 6.07) is 5.65. The maximum absolute atomic E-state index is 9.46. The number of benzene rings is 1. The number of likely N-dealkylation sites (tertiary alicyclic amines) is 1. The number of aliphatic hydroxyl groups is 1. The van der Waals surface area contributed by atoms with Crippen molar-refractivity contribution in [2.24, 2.45) is 0 Å². The van der Waals surface area contributed by atoms with Crippen LogP contribution in [0.15, 0.2) is 18.2 Å². The first-order valence-electron chi connectivity index (χ1n) is 5.52. The van der Waals surface area contributed by atoms with Gasteiger partial charge in [0.25, 0.3) is 0 Å². The Balaban J connectivity index is 2.10. The van der Waals surface area contributed by atoms with Gasteiger partial charge in [0.1, 0.15) is 5.75 Å². The van der Waals surface area contributed by atoms with E-state index >= 15 is 0 Å². The summed E-state index contributed by atoms with van der Waals surface area (Å²) in [4.78, 5) is 2.21. The van der Waals surface area contributed by atoms with Crippen LogP contribution in [0.1, 0.15) is 12.0 Å². The molecule has 4 nitrogen and oxygen atoms in total. The maximum atomic E-state index is 9.46. The molecule has 1 aromatic carbocycles. The maximum Gasteiger partial charge on any atom is 0.123 e. The Labute approximate surface area is 95.6 Å². The second kappa shape index (κ2) is 4.72. The van der Waals surface area contributed by atoms with Crippen molar-refractivity contribution in [2.75, 3.05) is 25.9 Å². The van der Waals surface area contributed by atoms with Crippen LogP contribution in [0, 0.1) is 0 Å². The largest absolute Gasteiger partial charge is 0.496 e. The first kappa shape index (κ1) is 11.2. The fourth-order valence-corrected chi connectivity index (χ4v) is 2.12. The minimum atomic E-state index is -0.188. The van der Waals surface area contributed by atoms with Gasteiger partial charge >= 0.3 is 0 Å². The third-order valence-electron chi connectivity index (χ3n) is 2.95. The molecule has 1 atom stereocenters. The molecule has 0 aromatic heterocycles. The summed E-state index contributed by atoms with van der Waals surface area (Å²) >= 11 is 0. The number of rotatable bonds is 3. The van der Waals surface area contributed by atoms with Gasteiger partial charge in [-0.05, 0) is 24.6 Å². The van der Waals surface area contributed by atoms with Gasteiger partial charge in [-0.15, -0.1) is 0 Å². The number of β-amino-alcohol motifs (C(OH)–C–C–N with tert-alkyl or cyclic N) is 1. The highest BCUT2D eigenvalue weighted by Gasteiger charge is 2.21. The van der Waals surface area contributed by atoms with Crippen LogP contribution in [-0.2, 0) is 6.54 Å². The molecule has 0 spiro atoms. The Hall–Kier alpha value is -1.26. The smallest absolute Gasteiger partial charge is 0.123 e. The van der Waals surface area contributed by atoms with Crippen LogP contribution < -0.4 is 10.5 Å². The summed E-state index contributed by atoms with van der Waals surface area (Å²) in [5.41, 5.74) is 7.59. The van der Waals surface area contributed by atoms with E-state index in [0.717, 1.165) is 43.1 Å². The van der Waals surface area contributed by atoms with Crippen LogP contribution in [-0.4, -0.2) is 36.3 Å². The lowest BCUT2D eigenvalue weighted by molar-refractivity contribution is 0.174. The highest BCUT2D eigenvalue weighted by Crippen LogP contribution is 2.24. The predicted molar refractivity (Wildman–Crippen MR) is 63.3 cm³/mol. The van der Waals surface area contributed by atoms with Crippen LogP contribution in [0.25, 0.3) is 0 Å². The molecule has 3 N–H and O–H groups in total. The standard InChI is InChI=1S/C12H18N2O2/c1-16-12-3-2-10(13)6-9(12)7-14-5-4-11(15)8-14/h2-3,6,11,15H,4-5,7-8,13H2,1H3. The van der Waals surface area contributed by atoms with Gasteiger partial charge < -0.3 is 15.6 Å². The molecule has 1 aliphatic rings. The molecular formula is C12H18N2O2. The summed E-state index contributed by atoms with van der Waals surface area (Å²) in [7, 11) is 1.66. The average Bonchev–Trinajstić information content (AvgIpc) is 2.64. The van der Waals surface area contributed by atoms with Crippen molar-refractivity contribution >= 4 is 5.69 Å². The van der Waals surface area contributed by atoms with E-state index < -0.39 is 0 Å². The van der Waals surface area contributed by atoms with Crippen LogP contribution in [0.4, 0.5) is 5.69 Å². The Bertz CT molecular complexity index is 368. The van der Waals surface area contributed by atoms with E-state index in [1.54, 1.807) is 7.11 Å². The zero-order valence-electron chi connectivity index (χ0n) is 9.52. The van der Waals surface area contributed by atoms with E-state index in [4.69, 9.17) is 10.5 Å². The summed E-state index contributed by atoms with van der Waals surface area (Å²) in [6.45, 7) is 2.45. The third kappa shape index (κ3) is 2.46. The molecule has 0 saturated carbocycles. The van der Waals surface area contributed by atoms with Crippen LogP contribution in [0.5, 0.6) is 5.75 Å². The topological polar surface area (TPSA) is 58.7 Å². The van der Waals surface area contributed by atoms with E-state index in [2.05, 4.69) is 4.90 Å². The fourth-order valence-electron chi connectivity index (χ4n) is 2.12.